The molecular formula is C16H23O3. The summed E-state index contributed by atoms with van der Waals surface area (Å²) in [5.41, 5.74) is 1.37. The summed E-state index contributed by atoms with van der Waals surface area (Å²) in [5.74, 6) is 0. The summed E-state index contributed by atoms with van der Waals surface area (Å²) in [6, 6.07) is 10.5. The predicted octanol–water partition coefficient (Wildman–Crippen LogP) is 3.28. The molecule has 3 heteroatoms. The molecule has 0 aliphatic carbocycles. The first kappa shape index (κ1) is 15.7. The van der Waals surface area contributed by atoms with E-state index in [1.165, 1.54) is 12.0 Å². The molecule has 3 nitrogen and oxygen atoms in total. The van der Waals surface area contributed by atoms with Crippen LogP contribution in [0.4, 0.5) is 0 Å². The minimum absolute atomic E-state index is 0.488. The van der Waals surface area contributed by atoms with Gasteiger partial charge >= 0.3 is 6.47 Å². The maximum Gasteiger partial charge on any atom is 0.417 e. The molecule has 0 unspecified atom stereocenters. The van der Waals surface area contributed by atoms with Crippen molar-refractivity contribution in [2.45, 2.75) is 38.5 Å². The Hall–Kier alpha value is -1.35. The first-order valence-corrected chi connectivity index (χ1v) is 7.04. The summed E-state index contributed by atoms with van der Waals surface area (Å²) in [6.45, 7) is 3.58. The highest BCUT2D eigenvalue weighted by Crippen LogP contribution is 2.03. The summed E-state index contributed by atoms with van der Waals surface area (Å²) < 4.78 is 10.1. The van der Waals surface area contributed by atoms with E-state index in [0.29, 0.717) is 6.61 Å². The zero-order valence-corrected chi connectivity index (χ0v) is 11.5. The Morgan fingerprint density at radius 1 is 0.842 bits per heavy atom. The van der Waals surface area contributed by atoms with Crippen LogP contribution in [0.2, 0.25) is 0 Å². The molecule has 0 atom stereocenters. The molecule has 0 aliphatic heterocycles. The number of carbonyl (C=O) groups excluding carboxylic acids is 1. The maximum absolute atomic E-state index is 9.78. The van der Waals surface area contributed by atoms with Crippen LogP contribution in [0.1, 0.15) is 37.7 Å². The van der Waals surface area contributed by atoms with Crippen molar-refractivity contribution in [1.82, 2.24) is 0 Å². The number of rotatable bonds is 12. The summed E-state index contributed by atoms with van der Waals surface area (Å²) in [6.07, 6.45) is 6.36. The van der Waals surface area contributed by atoms with Crippen molar-refractivity contribution in [2.75, 3.05) is 19.8 Å². The fraction of sp³-hybridized carbons (Fsp3) is 0.562. The molecule has 0 aromatic heterocycles. The predicted molar refractivity (Wildman–Crippen MR) is 75.7 cm³/mol. The van der Waals surface area contributed by atoms with Crippen molar-refractivity contribution in [3.05, 3.63) is 35.9 Å². The molecule has 0 saturated heterocycles. The lowest BCUT2D eigenvalue weighted by Gasteiger charge is -2.04. The van der Waals surface area contributed by atoms with Crippen molar-refractivity contribution >= 4 is 6.47 Å². The van der Waals surface area contributed by atoms with Gasteiger partial charge in [-0.3, -0.25) is 0 Å². The summed E-state index contributed by atoms with van der Waals surface area (Å²) in [4.78, 5) is 9.78. The average molecular weight is 263 g/mol. The van der Waals surface area contributed by atoms with Gasteiger partial charge in [-0.1, -0.05) is 36.8 Å². The number of benzene rings is 1. The Morgan fingerprint density at radius 3 is 2.26 bits per heavy atom. The van der Waals surface area contributed by atoms with Gasteiger partial charge in [-0.15, -0.1) is 0 Å². The number of ether oxygens (including phenoxy) is 2. The van der Waals surface area contributed by atoms with E-state index in [1.54, 1.807) is 0 Å². The number of hydrogen-bond donors (Lipinski definition) is 0. The molecule has 0 saturated carbocycles. The van der Waals surface area contributed by atoms with Gasteiger partial charge < -0.3 is 9.47 Å². The zero-order chi connectivity index (χ0) is 13.6. The lowest BCUT2D eigenvalue weighted by atomic mass is 10.1. The fourth-order valence-electron chi connectivity index (χ4n) is 1.90. The molecule has 105 valence electrons. The van der Waals surface area contributed by atoms with Crippen LogP contribution >= 0.6 is 0 Å². The summed E-state index contributed by atoms with van der Waals surface area (Å²) in [7, 11) is 0. The standard InChI is InChI=1S/C16H23O3/c17-15-19-13-7-2-1-6-12-18-14-8-11-16-9-4-3-5-10-16/h3-5,9-10H,1-2,6-8,11-14H2. The normalized spacial score (nSPS) is 10.3. The molecule has 1 rings (SSSR count). The van der Waals surface area contributed by atoms with E-state index in [1.807, 2.05) is 6.07 Å². The maximum atomic E-state index is 9.78. The SMILES string of the molecule is O=[C]OCCCCCCOCCCc1ccccc1. The van der Waals surface area contributed by atoms with Gasteiger partial charge in [0.15, 0.2) is 0 Å². The van der Waals surface area contributed by atoms with E-state index in [-0.39, 0.29) is 0 Å². The number of unbranched alkanes of at least 4 members (excludes halogenated alkanes) is 3. The van der Waals surface area contributed by atoms with Gasteiger partial charge in [-0.2, -0.15) is 0 Å². The first-order chi connectivity index (χ1) is 9.43. The molecule has 0 heterocycles. The molecule has 19 heavy (non-hydrogen) atoms. The van der Waals surface area contributed by atoms with E-state index in [0.717, 1.165) is 51.7 Å². The zero-order valence-electron chi connectivity index (χ0n) is 11.5. The van der Waals surface area contributed by atoms with Crippen LogP contribution in [0.3, 0.4) is 0 Å². The minimum Gasteiger partial charge on any atom is -0.457 e. The third kappa shape index (κ3) is 9.25. The third-order valence-electron chi connectivity index (χ3n) is 2.94. The van der Waals surface area contributed by atoms with E-state index in [2.05, 4.69) is 29.0 Å². The molecule has 0 fully saturated rings. The Kier molecular flexibility index (Phi) is 9.69. The van der Waals surface area contributed by atoms with Crippen LogP contribution in [0.15, 0.2) is 30.3 Å². The number of hydrogen-bond acceptors (Lipinski definition) is 3. The Balaban J connectivity index is 1.80. The summed E-state index contributed by atoms with van der Waals surface area (Å²) in [5, 5.41) is 0. The lowest BCUT2D eigenvalue weighted by Crippen LogP contribution is -1.99. The molecule has 1 radical (unpaired) electrons. The van der Waals surface area contributed by atoms with Crippen molar-refractivity contribution in [3.8, 4) is 0 Å². The van der Waals surface area contributed by atoms with Crippen LogP contribution in [0.5, 0.6) is 0 Å². The van der Waals surface area contributed by atoms with Gasteiger partial charge in [0.05, 0.1) is 6.61 Å². The van der Waals surface area contributed by atoms with Gasteiger partial charge in [0.25, 0.3) is 0 Å². The Labute approximate surface area is 115 Å². The summed E-state index contributed by atoms with van der Waals surface area (Å²) >= 11 is 0. The highest BCUT2D eigenvalue weighted by molar-refractivity contribution is 5.37. The van der Waals surface area contributed by atoms with E-state index in [9.17, 15) is 4.79 Å². The second-order valence-corrected chi connectivity index (χ2v) is 4.55. The van der Waals surface area contributed by atoms with E-state index in [4.69, 9.17) is 4.74 Å². The molecule has 1 aromatic rings. The second kappa shape index (κ2) is 11.7. The Morgan fingerprint density at radius 2 is 1.53 bits per heavy atom. The fourth-order valence-corrected chi connectivity index (χ4v) is 1.90. The highest BCUT2D eigenvalue weighted by Gasteiger charge is 1.94. The Bertz CT molecular complexity index is 311. The molecule has 0 N–H and O–H groups in total. The lowest BCUT2D eigenvalue weighted by molar-refractivity contribution is 0.127. The van der Waals surface area contributed by atoms with Gasteiger partial charge in [-0.05, 0) is 37.7 Å². The van der Waals surface area contributed by atoms with Crippen molar-refractivity contribution < 1.29 is 14.3 Å². The highest BCUT2D eigenvalue weighted by atomic mass is 16.5. The topological polar surface area (TPSA) is 35.5 Å². The molecule has 0 spiro atoms. The molecular weight excluding hydrogens is 240 g/mol. The molecule has 1 aromatic carbocycles. The van der Waals surface area contributed by atoms with Crippen molar-refractivity contribution in [1.29, 1.82) is 0 Å². The van der Waals surface area contributed by atoms with Crippen LogP contribution in [-0.2, 0) is 20.7 Å². The van der Waals surface area contributed by atoms with Crippen LogP contribution in [-0.4, -0.2) is 26.3 Å². The van der Waals surface area contributed by atoms with Gasteiger partial charge in [0.1, 0.15) is 0 Å². The minimum atomic E-state index is 0.488. The third-order valence-corrected chi connectivity index (χ3v) is 2.94. The smallest absolute Gasteiger partial charge is 0.417 e. The largest absolute Gasteiger partial charge is 0.457 e. The number of aryl methyl sites for hydroxylation is 1. The van der Waals surface area contributed by atoms with E-state index >= 15 is 0 Å². The van der Waals surface area contributed by atoms with Crippen molar-refractivity contribution in [2.24, 2.45) is 0 Å². The molecule has 0 bridgehead atoms. The quantitative estimate of drug-likeness (QED) is 0.543. The van der Waals surface area contributed by atoms with Crippen LogP contribution in [0.25, 0.3) is 0 Å². The van der Waals surface area contributed by atoms with Crippen LogP contribution in [0, 0.1) is 0 Å². The van der Waals surface area contributed by atoms with Gasteiger partial charge in [-0.25, -0.2) is 4.79 Å². The van der Waals surface area contributed by atoms with Gasteiger partial charge in [0.2, 0.25) is 0 Å². The monoisotopic (exact) mass is 263 g/mol. The van der Waals surface area contributed by atoms with Crippen molar-refractivity contribution in [3.63, 3.8) is 0 Å². The van der Waals surface area contributed by atoms with E-state index < -0.39 is 0 Å². The molecule has 0 amide bonds. The van der Waals surface area contributed by atoms with Crippen LogP contribution < -0.4 is 0 Å². The first-order valence-electron chi connectivity index (χ1n) is 7.04. The second-order valence-electron chi connectivity index (χ2n) is 4.55. The molecule has 0 aliphatic rings. The average Bonchev–Trinajstić information content (AvgIpc) is 2.46. The van der Waals surface area contributed by atoms with Gasteiger partial charge in [0, 0.05) is 13.2 Å².